The Hall–Kier alpha value is -2.25. The van der Waals surface area contributed by atoms with E-state index < -0.39 is 0 Å². The summed E-state index contributed by atoms with van der Waals surface area (Å²) < 4.78 is 0. The highest BCUT2D eigenvalue weighted by atomic mass is 16.6. The number of hydrogen-bond donors (Lipinski definition) is 1. The van der Waals surface area contributed by atoms with Gasteiger partial charge in [0.05, 0.1) is 15.8 Å². The summed E-state index contributed by atoms with van der Waals surface area (Å²) in [7, 11) is 2.07. The number of rotatable bonds is 3. The molecular formula is C14H17N5O2. The average molecular weight is 287 g/mol. The van der Waals surface area contributed by atoms with Crippen molar-refractivity contribution in [1.82, 2.24) is 14.9 Å². The Balaban J connectivity index is 1.94. The summed E-state index contributed by atoms with van der Waals surface area (Å²) >= 11 is 0. The molecule has 1 aromatic heterocycles. The van der Waals surface area contributed by atoms with Gasteiger partial charge in [0.15, 0.2) is 0 Å². The fourth-order valence-electron chi connectivity index (χ4n) is 2.51. The van der Waals surface area contributed by atoms with E-state index in [-0.39, 0.29) is 10.6 Å². The van der Waals surface area contributed by atoms with Crippen molar-refractivity contribution in [3.05, 3.63) is 40.6 Å². The highest BCUT2D eigenvalue weighted by molar-refractivity contribution is 5.94. The summed E-state index contributed by atoms with van der Waals surface area (Å²) in [6.45, 7) is 3.54. The lowest BCUT2D eigenvalue weighted by Gasteiger charge is -2.32. The molecule has 3 rings (SSSR count). The maximum absolute atomic E-state index is 11.4. The van der Waals surface area contributed by atoms with Gasteiger partial charge in [-0.3, -0.25) is 15.1 Å². The average Bonchev–Trinajstić information content (AvgIpc) is 2.49. The number of benzene rings is 1. The molecule has 1 saturated heterocycles. The molecule has 2 heterocycles. The first-order chi connectivity index (χ1) is 10.1. The Kier molecular flexibility index (Phi) is 3.68. The zero-order valence-electron chi connectivity index (χ0n) is 11.8. The Morgan fingerprint density at radius 2 is 2.00 bits per heavy atom. The molecule has 1 aromatic carbocycles. The quantitative estimate of drug-likeness (QED) is 0.684. The van der Waals surface area contributed by atoms with Crippen LogP contribution in [0.1, 0.15) is 0 Å². The Morgan fingerprint density at radius 3 is 2.71 bits per heavy atom. The lowest BCUT2D eigenvalue weighted by molar-refractivity contribution is -0.382. The van der Waals surface area contributed by atoms with Crippen LogP contribution in [-0.2, 0) is 0 Å². The van der Waals surface area contributed by atoms with Crippen LogP contribution in [0.5, 0.6) is 0 Å². The van der Waals surface area contributed by atoms with Crippen LogP contribution in [0.3, 0.4) is 0 Å². The van der Waals surface area contributed by atoms with Gasteiger partial charge in [-0.05, 0) is 31.3 Å². The Labute approximate surface area is 122 Å². The van der Waals surface area contributed by atoms with E-state index in [1.54, 1.807) is 30.5 Å². The molecule has 1 fully saturated rings. The van der Waals surface area contributed by atoms with Gasteiger partial charge in [0, 0.05) is 32.4 Å². The summed E-state index contributed by atoms with van der Waals surface area (Å²) in [4.78, 5) is 17.5. The zero-order valence-corrected chi connectivity index (χ0v) is 11.8. The van der Waals surface area contributed by atoms with Crippen molar-refractivity contribution in [2.24, 2.45) is 0 Å². The summed E-state index contributed by atoms with van der Waals surface area (Å²) in [5.74, 6) is 0. The maximum atomic E-state index is 11.4. The first-order valence-corrected chi connectivity index (χ1v) is 6.87. The molecule has 0 radical (unpaired) electrons. The normalized spacial score (nSPS) is 17.0. The number of anilines is 1. The van der Waals surface area contributed by atoms with Crippen LogP contribution in [0.25, 0.3) is 10.9 Å². The van der Waals surface area contributed by atoms with Crippen LogP contribution in [0.4, 0.5) is 11.4 Å². The molecule has 1 N–H and O–H groups in total. The third kappa shape index (κ3) is 2.79. The number of nitro benzene ring substituents is 1. The summed E-state index contributed by atoms with van der Waals surface area (Å²) in [6.07, 6.45) is 1.64. The van der Waals surface area contributed by atoms with Gasteiger partial charge in [0.2, 0.25) is 0 Å². The molecule has 7 heteroatoms. The van der Waals surface area contributed by atoms with E-state index in [1.165, 1.54) is 0 Å². The van der Waals surface area contributed by atoms with Gasteiger partial charge in [-0.15, -0.1) is 0 Å². The highest BCUT2D eigenvalue weighted by Gasteiger charge is 2.21. The predicted molar refractivity (Wildman–Crippen MR) is 81.1 cm³/mol. The fraction of sp³-hybridized carbons (Fsp3) is 0.357. The molecule has 2 aromatic rings. The Morgan fingerprint density at radius 1 is 1.24 bits per heavy atom. The van der Waals surface area contributed by atoms with Crippen molar-refractivity contribution >= 4 is 22.3 Å². The standard InChI is InChI=1S/C14H17N5O2/c1-17-7-9-18(10-8-17)16-13-5-4-12-11(3-2-6-15-12)14(13)19(20)21/h2-6,16H,7-10H2,1H3. The van der Waals surface area contributed by atoms with E-state index in [1.807, 2.05) is 5.01 Å². The molecule has 0 saturated carbocycles. The van der Waals surface area contributed by atoms with Crippen molar-refractivity contribution in [2.75, 3.05) is 38.7 Å². The SMILES string of the molecule is CN1CCN(Nc2ccc3ncccc3c2[N+](=O)[O-])CC1. The minimum atomic E-state index is -0.345. The number of nitrogens with zero attached hydrogens (tertiary/aromatic N) is 4. The number of likely N-dealkylation sites (N-methyl/N-ethyl adjacent to an activating group) is 1. The number of pyridine rings is 1. The molecule has 0 aliphatic carbocycles. The van der Waals surface area contributed by atoms with Crippen molar-refractivity contribution in [1.29, 1.82) is 0 Å². The second kappa shape index (κ2) is 5.63. The topological polar surface area (TPSA) is 74.5 Å². The van der Waals surface area contributed by atoms with Gasteiger partial charge in [-0.25, -0.2) is 5.01 Å². The zero-order chi connectivity index (χ0) is 14.8. The second-order valence-corrected chi connectivity index (χ2v) is 5.19. The van der Waals surface area contributed by atoms with Crippen molar-refractivity contribution < 1.29 is 4.92 Å². The molecular weight excluding hydrogens is 270 g/mol. The second-order valence-electron chi connectivity index (χ2n) is 5.19. The van der Waals surface area contributed by atoms with Crippen molar-refractivity contribution in [3.63, 3.8) is 0 Å². The van der Waals surface area contributed by atoms with Gasteiger partial charge < -0.3 is 10.3 Å². The van der Waals surface area contributed by atoms with Crippen LogP contribution < -0.4 is 5.43 Å². The number of hydrazine groups is 1. The van der Waals surface area contributed by atoms with Gasteiger partial charge in [-0.2, -0.15) is 0 Å². The number of nitro groups is 1. The van der Waals surface area contributed by atoms with E-state index in [9.17, 15) is 10.1 Å². The fourth-order valence-corrected chi connectivity index (χ4v) is 2.51. The molecule has 7 nitrogen and oxygen atoms in total. The van der Waals surface area contributed by atoms with Crippen LogP contribution in [0, 0.1) is 10.1 Å². The molecule has 0 bridgehead atoms. The van der Waals surface area contributed by atoms with E-state index >= 15 is 0 Å². The predicted octanol–water partition coefficient (Wildman–Crippen LogP) is 1.72. The monoisotopic (exact) mass is 287 g/mol. The van der Waals surface area contributed by atoms with Gasteiger partial charge in [0.25, 0.3) is 0 Å². The van der Waals surface area contributed by atoms with Crippen LogP contribution in [0.15, 0.2) is 30.5 Å². The summed E-state index contributed by atoms with van der Waals surface area (Å²) in [6, 6.07) is 6.98. The van der Waals surface area contributed by atoms with Crippen LogP contribution in [0.2, 0.25) is 0 Å². The number of piperazine rings is 1. The molecule has 110 valence electrons. The molecule has 0 unspecified atom stereocenters. The number of nitrogens with one attached hydrogen (secondary N) is 1. The lowest BCUT2D eigenvalue weighted by Crippen LogP contribution is -2.47. The smallest absolute Gasteiger partial charge is 0.302 e. The number of hydrogen-bond acceptors (Lipinski definition) is 6. The molecule has 0 spiro atoms. The van der Waals surface area contributed by atoms with Crippen molar-refractivity contribution in [3.8, 4) is 0 Å². The van der Waals surface area contributed by atoms with Crippen LogP contribution >= 0.6 is 0 Å². The molecule has 1 aliphatic rings. The van der Waals surface area contributed by atoms with Crippen LogP contribution in [-0.4, -0.2) is 53.0 Å². The molecule has 1 aliphatic heterocycles. The molecule has 0 amide bonds. The largest absolute Gasteiger partial charge is 0.313 e. The minimum Gasteiger partial charge on any atom is -0.313 e. The summed E-state index contributed by atoms with van der Waals surface area (Å²) in [5.41, 5.74) is 4.41. The van der Waals surface area contributed by atoms with E-state index in [2.05, 4.69) is 22.4 Å². The van der Waals surface area contributed by atoms with Gasteiger partial charge >= 0.3 is 5.69 Å². The number of fused-ring (bicyclic) bond motifs is 1. The molecule has 21 heavy (non-hydrogen) atoms. The number of aromatic nitrogens is 1. The maximum Gasteiger partial charge on any atom is 0.302 e. The summed E-state index contributed by atoms with van der Waals surface area (Å²) in [5, 5.41) is 14.0. The first-order valence-electron chi connectivity index (χ1n) is 6.87. The van der Waals surface area contributed by atoms with E-state index in [0.717, 1.165) is 26.2 Å². The van der Waals surface area contributed by atoms with E-state index in [4.69, 9.17) is 0 Å². The molecule has 0 atom stereocenters. The third-order valence-corrected chi connectivity index (χ3v) is 3.72. The van der Waals surface area contributed by atoms with E-state index in [0.29, 0.717) is 16.6 Å². The Bertz CT molecular complexity index is 667. The minimum absolute atomic E-state index is 0.0829. The lowest BCUT2D eigenvalue weighted by atomic mass is 10.1. The first kappa shape index (κ1) is 13.7. The highest BCUT2D eigenvalue weighted by Crippen LogP contribution is 2.32. The third-order valence-electron chi connectivity index (χ3n) is 3.72. The van der Waals surface area contributed by atoms with Crippen molar-refractivity contribution in [2.45, 2.75) is 0 Å². The van der Waals surface area contributed by atoms with Gasteiger partial charge in [0.1, 0.15) is 5.69 Å². The van der Waals surface area contributed by atoms with Gasteiger partial charge in [-0.1, -0.05) is 0 Å².